The maximum absolute atomic E-state index is 11.8. The first-order valence-corrected chi connectivity index (χ1v) is 7.06. The summed E-state index contributed by atoms with van der Waals surface area (Å²) in [6, 6.07) is 13.1. The third-order valence-corrected chi connectivity index (χ3v) is 4.08. The number of methoxy groups -OCH3 is 1. The Hall–Kier alpha value is -1.91. The van der Waals surface area contributed by atoms with E-state index < -0.39 is 18.0 Å². The van der Waals surface area contributed by atoms with Gasteiger partial charge in [-0.1, -0.05) is 43.0 Å². The third-order valence-electron chi connectivity index (χ3n) is 3.13. The van der Waals surface area contributed by atoms with E-state index in [1.165, 1.54) is 18.4 Å². The lowest BCUT2D eigenvalue weighted by Gasteiger charge is -2.23. The molecule has 1 N–H and O–H groups in total. The van der Waals surface area contributed by atoms with Gasteiger partial charge in [0.2, 0.25) is 0 Å². The Morgan fingerprint density at radius 3 is 2.50 bits per heavy atom. The largest absolute Gasteiger partial charge is 0.466 e. The van der Waals surface area contributed by atoms with E-state index in [4.69, 9.17) is 4.74 Å². The van der Waals surface area contributed by atoms with Crippen LogP contribution in [0, 0.1) is 0 Å². The molecule has 0 bridgehead atoms. The zero-order valence-electron chi connectivity index (χ0n) is 11.2. The quantitative estimate of drug-likeness (QED) is 0.678. The first-order valence-electron chi connectivity index (χ1n) is 6.18. The van der Waals surface area contributed by atoms with E-state index in [0.717, 1.165) is 10.4 Å². The van der Waals surface area contributed by atoms with Crippen LogP contribution < -0.4 is 0 Å². The van der Waals surface area contributed by atoms with Gasteiger partial charge in [-0.2, -0.15) is 0 Å². The molecule has 2 aromatic rings. The summed E-state index contributed by atoms with van der Waals surface area (Å²) in [5, 5.41) is 12.5. The Kier molecular flexibility index (Phi) is 4.71. The number of hydrogen-bond donors (Lipinski definition) is 1. The fourth-order valence-electron chi connectivity index (χ4n) is 2.12. The van der Waals surface area contributed by atoms with Gasteiger partial charge in [-0.25, -0.2) is 4.79 Å². The summed E-state index contributed by atoms with van der Waals surface area (Å²) >= 11 is 1.45. The van der Waals surface area contributed by atoms with Gasteiger partial charge in [0.15, 0.2) is 0 Å². The van der Waals surface area contributed by atoms with Gasteiger partial charge < -0.3 is 9.84 Å². The van der Waals surface area contributed by atoms with Crippen LogP contribution in [0.4, 0.5) is 0 Å². The molecule has 104 valence electrons. The topological polar surface area (TPSA) is 46.5 Å². The van der Waals surface area contributed by atoms with E-state index in [-0.39, 0.29) is 5.57 Å². The van der Waals surface area contributed by atoms with Crippen LogP contribution in [0.2, 0.25) is 0 Å². The van der Waals surface area contributed by atoms with Crippen LogP contribution in [0.25, 0.3) is 0 Å². The van der Waals surface area contributed by atoms with E-state index >= 15 is 0 Å². The number of rotatable bonds is 5. The lowest BCUT2D eigenvalue weighted by Crippen LogP contribution is -2.18. The number of carbonyl (C=O) groups excluding carboxylic acids is 1. The second kappa shape index (κ2) is 6.50. The summed E-state index contributed by atoms with van der Waals surface area (Å²) in [6.07, 6.45) is -0.816. The van der Waals surface area contributed by atoms with Crippen LogP contribution in [0.1, 0.15) is 22.5 Å². The number of ether oxygens (including phenoxy) is 1. The van der Waals surface area contributed by atoms with Crippen molar-refractivity contribution in [2.24, 2.45) is 0 Å². The number of carbonyl (C=O) groups is 1. The summed E-state index contributed by atoms with van der Waals surface area (Å²) in [5.74, 6) is -1.02. The van der Waals surface area contributed by atoms with Crippen molar-refractivity contribution in [2.75, 3.05) is 7.11 Å². The smallest absolute Gasteiger partial charge is 0.333 e. The van der Waals surface area contributed by atoms with Crippen molar-refractivity contribution >= 4 is 17.3 Å². The summed E-state index contributed by atoms with van der Waals surface area (Å²) in [7, 11) is 1.31. The Labute approximate surface area is 122 Å². The zero-order valence-corrected chi connectivity index (χ0v) is 12.0. The van der Waals surface area contributed by atoms with Crippen molar-refractivity contribution in [3.63, 3.8) is 0 Å². The number of esters is 1. The molecule has 3 nitrogen and oxygen atoms in total. The van der Waals surface area contributed by atoms with Crippen LogP contribution in [-0.4, -0.2) is 18.2 Å². The van der Waals surface area contributed by atoms with Gasteiger partial charge in [0.05, 0.1) is 13.2 Å². The number of hydrogen-bond acceptors (Lipinski definition) is 4. The summed E-state index contributed by atoms with van der Waals surface area (Å²) in [5.41, 5.74) is 1.09. The number of benzene rings is 1. The molecule has 4 heteroatoms. The minimum atomic E-state index is -0.816. The van der Waals surface area contributed by atoms with Crippen molar-refractivity contribution in [1.82, 2.24) is 0 Å². The number of thiophene rings is 1. The van der Waals surface area contributed by atoms with E-state index in [0.29, 0.717) is 0 Å². The molecule has 0 saturated heterocycles. The van der Waals surface area contributed by atoms with Gasteiger partial charge in [-0.15, -0.1) is 11.3 Å². The van der Waals surface area contributed by atoms with E-state index in [9.17, 15) is 9.90 Å². The molecule has 1 aromatic carbocycles. The fourth-order valence-corrected chi connectivity index (χ4v) is 2.86. The Morgan fingerprint density at radius 2 is 1.95 bits per heavy atom. The van der Waals surface area contributed by atoms with Crippen molar-refractivity contribution < 1.29 is 14.6 Å². The normalized spacial score (nSPS) is 13.5. The molecule has 1 heterocycles. The predicted octanol–water partition coefficient (Wildman–Crippen LogP) is 3.29. The molecule has 0 radical (unpaired) electrons. The van der Waals surface area contributed by atoms with Crippen LogP contribution in [0.15, 0.2) is 60.0 Å². The highest BCUT2D eigenvalue weighted by Crippen LogP contribution is 2.38. The highest BCUT2D eigenvalue weighted by atomic mass is 32.1. The Morgan fingerprint density at radius 1 is 1.25 bits per heavy atom. The molecular formula is C16H16O3S. The second-order valence-electron chi connectivity index (χ2n) is 4.37. The van der Waals surface area contributed by atoms with Gasteiger partial charge in [0.1, 0.15) is 0 Å². The van der Waals surface area contributed by atoms with Gasteiger partial charge in [-0.05, 0) is 17.0 Å². The van der Waals surface area contributed by atoms with Gasteiger partial charge >= 0.3 is 5.97 Å². The highest BCUT2D eigenvalue weighted by Gasteiger charge is 2.30. The van der Waals surface area contributed by atoms with Crippen molar-refractivity contribution in [1.29, 1.82) is 0 Å². The molecular weight excluding hydrogens is 272 g/mol. The Balaban J connectivity index is 2.39. The second-order valence-corrected chi connectivity index (χ2v) is 5.34. The van der Waals surface area contributed by atoms with Crippen molar-refractivity contribution in [3.8, 4) is 0 Å². The molecule has 1 aromatic heterocycles. The molecule has 0 saturated carbocycles. The predicted molar refractivity (Wildman–Crippen MR) is 79.6 cm³/mol. The van der Waals surface area contributed by atoms with Crippen molar-refractivity contribution in [2.45, 2.75) is 12.0 Å². The summed E-state index contributed by atoms with van der Waals surface area (Å²) < 4.78 is 4.74. The monoisotopic (exact) mass is 288 g/mol. The Bertz CT molecular complexity index is 575. The minimum absolute atomic E-state index is 0.250. The average Bonchev–Trinajstić information content (AvgIpc) is 3.01. The van der Waals surface area contributed by atoms with Crippen LogP contribution >= 0.6 is 11.3 Å². The van der Waals surface area contributed by atoms with E-state index in [1.54, 1.807) is 0 Å². The van der Waals surface area contributed by atoms with Crippen LogP contribution in [0.5, 0.6) is 0 Å². The maximum atomic E-state index is 11.8. The fraction of sp³-hybridized carbons (Fsp3) is 0.188. The van der Waals surface area contributed by atoms with Gasteiger partial charge in [0.25, 0.3) is 0 Å². The third kappa shape index (κ3) is 2.98. The lowest BCUT2D eigenvalue weighted by atomic mass is 9.86. The molecule has 0 aliphatic rings. The molecule has 0 aliphatic heterocycles. The molecule has 2 rings (SSSR count). The number of aliphatic hydroxyl groups is 1. The first kappa shape index (κ1) is 14.5. The van der Waals surface area contributed by atoms with Crippen LogP contribution in [0.3, 0.4) is 0 Å². The minimum Gasteiger partial charge on any atom is -0.466 e. The van der Waals surface area contributed by atoms with E-state index in [1.807, 2.05) is 47.8 Å². The van der Waals surface area contributed by atoms with Crippen molar-refractivity contribution in [3.05, 3.63) is 70.4 Å². The zero-order chi connectivity index (χ0) is 14.5. The van der Waals surface area contributed by atoms with Crippen LogP contribution in [-0.2, 0) is 9.53 Å². The highest BCUT2D eigenvalue weighted by molar-refractivity contribution is 7.10. The molecule has 0 aliphatic carbocycles. The SMILES string of the molecule is C=C(C(=O)OC)[C@H](c1ccccc1)[C@H](O)c1cccs1. The van der Waals surface area contributed by atoms with E-state index in [2.05, 4.69) is 6.58 Å². The van der Waals surface area contributed by atoms with Gasteiger partial charge in [0, 0.05) is 16.4 Å². The summed E-state index contributed by atoms with van der Waals surface area (Å²) in [4.78, 5) is 12.6. The molecule has 20 heavy (non-hydrogen) atoms. The average molecular weight is 288 g/mol. The molecule has 0 unspecified atom stereocenters. The lowest BCUT2D eigenvalue weighted by molar-refractivity contribution is -0.136. The first-order chi connectivity index (χ1) is 9.65. The van der Waals surface area contributed by atoms with Gasteiger partial charge in [-0.3, -0.25) is 0 Å². The molecule has 0 fully saturated rings. The number of aliphatic hydroxyl groups excluding tert-OH is 1. The molecule has 0 amide bonds. The summed E-state index contributed by atoms with van der Waals surface area (Å²) in [6.45, 7) is 3.80. The molecule has 2 atom stereocenters. The standard InChI is InChI=1S/C16H16O3S/c1-11(16(18)19-2)14(12-7-4-3-5-8-12)15(17)13-9-6-10-20-13/h3-10,14-15,17H,1H2,2H3/t14-,15-/m1/s1. The molecule has 0 spiro atoms. The maximum Gasteiger partial charge on any atom is 0.333 e.